The average Bonchev–Trinajstić information content (AvgIpc) is 2.61. The van der Waals surface area contributed by atoms with Gasteiger partial charge in [-0.3, -0.25) is 20.2 Å². The van der Waals surface area contributed by atoms with Crippen LogP contribution in [0.25, 0.3) is 11.4 Å². The van der Waals surface area contributed by atoms with Crippen LogP contribution < -0.4 is 15.4 Å². The first-order chi connectivity index (χ1) is 12.3. The third kappa shape index (κ3) is 4.98. The van der Waals surface area contributed by atoms with Crippen molar-refractivity contribution in [2.75, 3.05) is 17.7 Å². The monoisotopic (exact) mass is 357 g/mol. The molecule has 26 heavy (non-hydrogen) atoms. The van der Waals surface area contributed by atoms with Crippen molar-refractivity contribution in [1.82, 2.24) is 15.0 Å². The number of benzene rings is 1. The summed E-state index contributed by atoms with van der Waals surface area (Å²) in [5, 5.41) is 5.28. The largest absolute Gasteiger partial charge is 0.497 e. The van der Waals surface area contributed by atoms with Crippen LogP contribution >= 0.6 is 0 Å². The molecule has 0 fully saturated rings. The Hall–Kier alpha value is -3.03. The number of hydrogen-bond donors (Lipinski definition) is 2. The number of amides is 2. The van der Waals surface area contributed by atoms with Crippen LogP contribution in [0.1, 0.15) is 27.7 Å². The van der Waals surface area contributed by atoms with Crippen LogP contribution in [0.2, 0.25) is 0 Å². The second-order valence-corrected chi connectivity index (χ2v) is 6.33. The van der Waals surface area contributed by atoms with Gasteiger partial charge in [-0.15, -0.1) is 0 Å². The Morgan fingerprint density at radius 1 is 0.923 bits per heavy atom. The van der Waals surface area contributed by atoms with Crippen LogP contribution in [0.5, 0.6) is 5.75 Å². The van der Waals surface area contributed by atoms with Gasteiger partial charge in [0.1, 0.15) is 5.75 Å². The number of carbonyl (C=O) groups is 2. The molecule has 0 atom stereocenters. The standard InChI is InChI=1S/C18H23N5O3/c1-10(2)15(24)21-17-19-14(12-7-6-8-13(9-12)26-5)20-18(23-17)22-16(25)11(3)4/h6-11H,1-5H3,(H2,19,20,21,22,23,24,25). The van der Waals surface area contributed by atoms with Crippen molar-refractivity contribution in [2.24, 2.45) is 11.8 Å². The molecule has 1 aromatic carbocycles. The first-order valence-corrected chi connectivity index (χ1v) is 8.32. The molecule has 8 nitrogen and oxygen atoms in total. The van der Waals surface area contributed by atoms with Gasteiger partial charge in [-0.05, 0) is 12.1 Å². The summed E-state index contributed by atoms with van der Waals surface area (Å²) in [6.45, 7) is 7.06. The maximum atomic E-state index is 12.0. The number of rotatable bonds is 6. The van der Waals surface area contributed by atoms with Crippen LogP contribution in [-0.2, 0) is 9.59 Å². The number of nitrogens with zero attached hydrogens (tertiary/aromatic N) is 3. The fourth-order valence-corrected chi connectivity index (χ4v) is 1.89. The van der Waals surface area contributed by atoms with Crippen LogP contribution in [-0.4, -0.2) is 33.9 Å². The normalized spacial score (nSPS) is 10.7. The van der Waals surface area contributed by atoms with Crippen molar-refractivity contribution < 1.29 is 14.3 Å². The van der Waals surface area contributed by atoms with Crippen LogP contribution in [0.4, 0.5) is 11.9 Å². The molecule has 2 amide bonds. The first kappa shape index (κ1) is 19.3. The Balaban J connectivity index is 2.44. The smallest absolute Gasteiger partial charge is 0.234 e. The third-order valence-electron chi connectivity index (χ3n) is 3.48. The van der Waals surface area contributed by atoms with Crippen molar-refractivity contribution in [2.45, 2.75) is 27.7 Å². The Morgan fingerprint density at radius 3 is 1.92 bits per heavy atom. The van der Waals surface area contributed by atoms with E-state index in [0.717, 1.165) is 0 Å². The van der Waals surface area contributed by atoms with Gasteiger partial charge in [-0.1, -0.05) is 39.8 Å². The molecule has 0 aliphatic rings. The maximum absolute atomic E-state index is 12.0. The van der Waals surface area contributed by atoms with Gasteiger partial charge in [0.25, 0.3) is 0 Å². The van der Waals surface area contributed by atoms with Crippen molar-refractivity contribution >= 4 is 23.7 Å². The molecule has 0 spiro atoms. The van der Waals surface area contributed by atoms with E-state index in [1.165, 1.54) is 0 Å². The van der Waals surface area contributed by atoms with E-state index in [-0.39, 0.29) is 35.5 Å². The Bertz CT molecular complexity index is 765. The summed E-state index contributed by atoms with van der Waals surface area (Å²) < 4.78 is 5.22. The summed E-state index contributed by atoms with van der Waals surface area (Å²) in [7, 11) is 1.56. The zero-order valence-electron chi connectivity index (χ0n) is 15.5. The molecule has 1 aromatic heterocycles. The zero-order chi connectivity index (χ0) is 19.3. The topological polar surface area (TPSA) is 106 Å². The minimum atomic E-state index is -0.235. The van der Waals surface area contributed by atoms with Gasteiger partial charge < -0.3 is 4.74 Å². The molecule has 0 aliphatic carbocycles. The summed E-state index contributed by atoms with van der Waals surface area (Å²) in [5.74, 6) is 0.191. The molecule has 2 aromatic rings. The van der Waals surface area contributed by atoms with E-state index in [4.69, 9.17) is 4.74 Å². The molecule has 0 saturated carbocycles. The van der Waals surface area contributed by atoms with E-state index in [1.807, 2.05) is 0 Å². The average molecular weight is 357 g/mol. The SMILES string of the molecule is COc1cccc(-c2nc(NC(=O)C(C)C)nc(NC(=O)C(C)C)n2)c1. The van der Waals surface area contributed by atoms with E-state index in [0.29, 0.717) is 17.1 Å². The highest BCUT2D eigenvalue weighted by Gasteiger charge is 2.16. The lowest BCUT2D eigenvalue weighted by molar-refractivity contribution is -0.119. The molecule has 8 heteroatoms. The van der Waals surface area contributed by atoms with Gasteiger partial charge in [0.05, 0.1) is 7.11 Å². The lowest BCUT2D eigenvalue weighted by atomic mass is 10.2. The number of methoxy groups -OCH3 is 1. The molecular formula is C18H23N5O3. The molecule has 2 N–H and O–H groups in total. The highest BCUT2D eigenvalue weighted by molar-refractivity contribution is 5.92. The fraction of sp³-hybridized carbons (Fsp3) is 0.389. The molecule has 1 heterocycles. The number of nitrogens with one attached hydrogen (secondary N) is 2. The van der Waals surface area contributed by atoms with E-state index >= 15 is 0 Å². The fourth-order valence-electron chi connectivity index (χ4n) is 1.89. The Morgan fingerprint density at radius 2 is 1.46 bits per heavy atom. The van der Waals surface area contributed by atoms with Gasteiger partial charge in [0.2, 0.25) is 23.7 Å². The second-order valence-electron chi connectivity index (χ2n) is 6.33. The Labute approximate surface area is 152 Å². The quantitative estimate of drug-likeness (QED) is 0.823. The van der Waals surface area contributed by atoms with Gasteiger partial charge >= 0.3 is 0 Å². The van der Waals surface area contributed by atoms with Crippen molar-refractivity contribution in [3.8, 4) is 17.1 Å². The molecule has 0 radical (unpaired) electrons. The van der Waals surface area contributed by atoms with E-state index in [1.54, 1.807) is 59.1 Å². The molecule has 0 aliphatic heterocycles. The summed E-state index contributed by atoms with van der Waals surface area (Å²) in [6, 6.07) is 7.17. The van der Waals surface area contributed by atoms with Gasteiger partial charge in [0, 0.05) is 17.4 Å². The summed E-state index contributed by atoms with van der Waals surface area (Å²) in [6.07, 6.45) is 0. The highest BCUT2D eigenvalue weighted by atomic mass is 16.5. The van der Waals surface area contributed by atoms with Crippen molar-refractivity contribution in [3.05, 3.63) is 24.3 Å². The molecule has 2 rings (SSSR count). The van der Waals surface area contributed by atoms with E-state index < -0.39 is 0 Å². The first-order valence-electron chi connectivity index (χ1n) is 8.32. The predicted octanol–water partition coefficient (Wildman–Crippen LogP) is 2.74. The lowest BCUT2D eigenvalue weighted by Gasteiger charge is -2.11. The van der Waals surface area contributed by atoms with Crippen molar-refractivity contribution in [1.29, 1.82) is 0 Å². The van der Waals surface area contributed by atoms with Crippen LogP contribution in [0.3, 0.4) is 0 Å². The van der Waals surface area contributed by atoms with Gasteiger partial charge in [0.15, 0.2) is 5.82 Å². The van der Waals surface area contributed by atoms with Crippen LogP contribution in [0, 0.1) is 11.8 Å². The lowest BCUT2D eigenvalue weighted by Crippen LogP contribution is -2.23. The number of carbonyl (C=O) groups excluding carboxylic acids is 2. The molecule has 138 valence electrons. The summed E-state index contributed by atoms with van der Waals surface area (Å²) >= 11 is 0. The minimum absolute atomic E-state index is 0.0792. The molecular weight excluding hydrogens is 334 g/mol. The van der Waals surface area contributed by atoms with E-state index in [2.05, 4.69) is 25.6 Å². The molecule has 0 saturated heterocycles. The minimum Gasteiger partial charge on any atom is -0.497 e. The summed E-state index contributed by atoms with van der Waals surface area (Å²) in [5.41, 5.74) is 0.673. The van der Waals surface area contributed by atoms with Gasteiger partial charge in [-0.25, -0.2) is 0 Å². The summed E-state index contributed by atoms with van der Waals surface area (Å²) in [4.78, 5) is 36.7. The Kier molecular flexibility index (Phi) is 6.21. The highest BCUT2D eigenvalue weighted by Crippen LogP contribution is 2.22. The van der Waals surface area contributed by atoms with Crippen molar-refractivity contribution in [3.63, 3.8) is 0 Å². The number of hydrogen-bond acceptors (Lipinski definition) is 6. The molecule has 0 unspecified atom stereocenters. The second kappa shape index (κ2) is 8.37. The molecule has 0 bridgehead atoms. The van der Waals surface area contributed by atoms with E-state index in [9.17, 15) is 9.59 Å². The maximum Gasteiger partial charge on any atom is 0.234 e. The third-order valence-corrected chi connectivity index (χ3v) is 3.48. The zero-order valence-corrected chi connectivity index (χ0v) is 15.5. The number of ether oxygens (including phenoxy) is 1. The van der Waals surface area contributed by atoms with Gasteiger partial charge in [-0.2, -0.15) is 15.0 Å². The van der Waals surface area contributed by atoms with Crippen LogP contribution in [0.15, 0.2) is 24.3 Å². The predicted molar refractivity (Wildman–Crippen MR) is 98.8 cm³/mol. The number of aromatic nitrogens is 3. The number of anilines is 2.